The van der Waals surface area contributed by atoms with Gasteiger partial charge in [-0.15, -0.1) is 0 Å². The van der Waals surface area contributed by atoms with Crippen LogP contribution in [0.25, 0.3) is 33.6 Å². The maximum absolute atomic E-state index is 5.87. The van der Waals surface area contributed by atoms with Gasteiger partial charge < -0.3 is 9.47 Å². The second-order valence-corrected chi connectivity index (χ2v) is 8.91. The van der Waals surface area contributed by atoms with Gasteiger partial charge in [0.2, 0.25) is 0 Å². The van der Waals surface area contributed by atoms with Gasteiger partial charge in [0.25, 0.3) is 0 Å². The highest BCUT2D eigenvalue weighted by Crippen LogP contribution is 2.25. The number of rotatable bonds is 9. The van der Waals surface area contributed by atoms with Crippen molar-refractivity contribution >= 4 is 0 Å². The standard InChI is InChI=1S/C26H31N7O2/c1-31(25-6-9-34-10-7-25)19-35-11-8-33-18-24(16-30-33)22-13-27-26(28-14-22)21-5-3-4-20(12-21)23-15-29-32(2)17-23/h3-5,12-18,25H,6-11,19H2,1-2H3. The van der Waals surface area contributed by atoms with Gasteiger partial charge in [0.15, 0.2) is 5.82 Å². The van der Waals surface area contributed by atoms with E-state index in [0.29, 0.717) is 31.7 Å². The van der Waals surface area contributed by atoms with E-state index in [2.05, 4.69) is 44.2 Å². The highest BCUT2D eigenvalue weighted by atomic mass is 16.5. The molecule has 0 spiro atoms. The van der Waals surface area contributed by atoms with E-state index < -0.39 is 0 Å². The highest BCUT2D eigenvalue weighted by Gasteiger charge is 2.18. The Balaban J connectivity index is 1.16. The molecule has 0 atom stereocenters. The summed E-state index contributed by atoms with van der Waals surface area (Å²) in [4.78, 5) is 11.5. The molecule has 35 heavy (non-hydrogen) atoms. The van der Waals surface area contributed by atoms with Crippen LogP contribution in [0.2, 0.25) is 0 Å². The minimum Gasteiger partial charge on any atom is -0.381 e. The van der Waals surface area contributed by atoms with Crippen LogP contribution in [0, 0.1) is 0 Å². The van der Waals surface area contributed by atoms with Crippen molar-refractivity contribution in [1.82, 2.24) is 34.4 Å². The third-order valence-corrected chi connectivity index (χ3v) is 6.35. The minimum atomic E-state index is 0.542. The fourth-order valence-corrected chi connectivity index (χ4v) is 4.27. The number of hydrogen-bond donors (Lipinski definition) is 0. The number of benzene rings is 1. The lowest BCUT2D eigenvalue weighted by Gasteiger charge is -2.30. The molecule has 4 aromatic rings. The third-order valence-electron chi connectivity index (χ3n) is 6.35. The van der Waals surface area contributed by atoms with Gasteiger partial charge >= 0.3 is 0 Å². The largest absolute Gasteiger partial charge is 0.381 e. The lowest BCUT2D eigenvalue weighted by molar-refractivity contribution is -0.0203. The molecule has 3 aromatic heterocycles. The first kappa shape index (κ1) is 23.3. The summed E-state index contributed by atoms with van der Waals surface area (Å²) in [6, 6.07) is 8.73. The van der Waals surface area contributed by atoms with Crippen molar-refractivity contribution in [1.29, 1.82) is 0 Å². The van der Waals surface area contributed by atoms with Crippen LogP contribution in [0.1, 0.15) is 12.8 Å². The molecule has 9 heteroatoms. The molecule has 0 N–H and O–H groups in total. The lowest BCUT2D eigenvalue weighted by atomic mass is 10.1. The Labute approximate surface area is 205 Å². The molecule has 1 fully saturated rings. The van der Waals surface area contributed by atoms with Crippen LogP contribution in [-0.4, -0.2) is 74.1 Å². The van der Waals surface area contributed by atoms with Gasteiger partial charge in [0.1, 0.15) is 0 Å². The Morgan fingerprint density at radius 3 is 2.46 bits per heavy atom. The molecular weight excluding hydrogens is 442 g/mol. The summed E-state index contributed by atoms with van der Waals surface area (Å²) in [7, 11) is 4.03. The van der Waals surface area contributed by atoms with E-state index in [1.165, 1.54) is 0 Å². The van der Waals surface area contributed by atoms with Crippen LogP contribution in [0.5, 0.6) is 0 Å². The van der Waals surface area contributed by atoms with Gasteiger partial charge in [-0.25, -0.2) is 9.97 Å². The van der Waals surface area contributed by atoms with Crippen molar-refractivity contribution in [3.63, 3.8) is 0 Å². The molecule has 182 valence electrons. The maximum Gasteiger partial charge on any atom is 0.159 e. The summed E-state index contributed by atoms with van der Waals surface area (Å²) in [6.45, 7) is 3.61. The average Bonchev–Trinajstić information content (AvgIpc) is 3.56. The molecule has 0 unspecified atom stereocenters. The predicted molar refractivity (Wildman–Crippen MR) is 133 cm³/mol. The van der Waals surface area contributed by atoms with Crippen LogP contribution < -0.4 is 0 Å². The van der Waals surface area contributed by atoms with E-state index >= 15 is 0 Å². The lowest BCUT2D eigenvalue weighted by Crippen LogP contribution is -2.38. The quantitative estimate of drug-likeness (QED) is 0.272. The van der Waals surface area contributed by atoms with Crippen molar-refractivity contribution in [3.05, 3.63) is 61.4 Å². The zero-order valence-electron chi connectivity index (χ0n) is 20.2. The second-order valence-electron chi connectivity index (χ2n) is 8.91. The molecule has 0 aliphatic carbocycles. The first-order chi connectivity index (χ1) is 17.2. The number of ether oxygens (including phenoxy) is 2. The zero-order chi connectivity index (χ0) is 24.0. The number of aryl methyl sites for hydroxylation is 1. The first-order valence-corrected chi connectivity index (χ1v) is 12.0. The summed E-state index contributed by atoms with van der Waals surface area (Å²) in [6.07, 6.45) is 13.5. The van der Waals surface area contributed by atoms with Gasteiger partial charge in [0, 0.05) is 73.3 Å². The summed E-state index contributed by atoms with van der Waals surface area (Å²) in [5.41, 5.74) is 5.04. The fourth-order valence-electron chi connectivity index (χ4n) is 4.27. The molecule has 4 heterocycles. The van der Waals surface area contributed by atoms with Crippen LogP contribution in [0.3, 0.4) is 0 Å². The van der Waals surface area contributed by atoms with Crippen molar-refractivity contribution in [2.45, 2.75) is 25.4 Å². The average molecular weight is 474 g/mol. The summed E-state index contributed by atoms with van der Waals surface area (Å²) < 4.78 is 15.0. The summed E-state index contributed by atoms with van der Waals surface area (Å²) in [5, 5.41) is 8.73. The monoisotopic (exact) mass is 473 g/mol. The summed E-state index contributed by atoms with van der Waals surface area (Å²) in [5.74, 6) is 0.689. The Morgan fingerprint density at radius 1 is 0.943 bits per heavy atom. The SMILES string of the molecule is CN(COCCn1cc(-c2cnc(-c3cccc(-c4cnn(C)c4)c3)nc2)cn1)C1CCOCC1. The third kappa shape index (κ3) is 5.82. The fraction of sp³-hybridized carbons (Fsp3) is 0.385. The molecule has 9 nitrogen and oxygen atoms in total. The van der Waals surface area contributed by atoms with E-state index in [1.807, 2.05) is 61.0 Å². The van der Waals surface area contributed by atoms with Crippen molar-refractivity contribution in [3.8, 4) is 33.6 Å². The topological polar surface area (TPSA) is 83.1 Å². The maximum atomic E-state index is 5.87. The van der Waals surface area contributed by atoms with Gasteiger partial charge in [0.05, 0.1) is 32.3 Å². The zero-order valence-corrected chi connectivity index (χ0v) is 20.2. The predicted octanol–water partition coefficient (Wildman–Crippen LogP) is 3.49. The number of aromatic nitrogens is 6. The van der Waals surface area contributed by atoms with Crippen LogP contribution >= 0.6 is 0 Å². The molecule has 1 aliphatic heterocycles. The number of nitrogens with zero attached hydrogens (tertiary/aromatic N) is 7. The van der Waals surface area contributed by atoms with E-state index in [1.54, 1.807) is 4.68 Å². The Kier molecular flexibility index (Phi) is 7.27. The van der Waals surface area contributed by atoms with E-state index in [4.69, 9.17) is 9.47 Å². The highest BCUT2D eigenvalue weighted by molar-refractivity contribution is 5.70. The van der Waals surface area contributed by atoms with Gasteiger partial charge in [-0.3, -0.25) is 14.3 Å². The molecule has 0 saturated carbocycles. The normalized spacial score (nSPS) is 14.6. The van der Waals surface area contributed by atoms with Crippen molar-refractivity contribution in [2.24, 2.45) is 7.05 Å². The molecule has 0 bridgehead atoms. The first-order valence-electron chi connectivity index (χ1n) is 12.0. The summed E-state index contributed by atoms with van der Waals surface area (Å²) >= 11 is 0. The molecule has 0 radical (unpaired) electrons. The van der Waals surface area contributed by atoms with Crippen molar-refractivity contribution in [2.75, 3.05) is 33.6 Å². The Bertz CT molecular complexity index is 1230. The van der Waals surface area contributed by atoms with Crippen LogP contribution in [0.4, 0.5) is 0 Å². The smallest absolute Gasteiger partial charge is 0.159 e. The molecule has 0 amide bonds. The van der Waals surface area contributed by atoms with Crippen LogP contribution in [-0.2, 0) is 23.1 Å². The number of hydrogen-bond acceptors (Lipinski definition) is 7. The Morgan fingerprint density at radius 2 is 1.69 bits per heavy atom. The molecule has 1 aromatic carbocycles. The molecule has 5 rings (SSSR count). The van der Waals surface area contributed by atoms with Gasteiger partial charge in [-0.2, -0.15) is 10.2 Å². The molecule has 1 saturated heterocycles. The van der Waals surface area contributed by atoms with E-state index in [-0.39, 0.29) is 0 Å². The Hall–Kier alpha value is -3.40. The van der Waals surface area contributed by atoms with E-state index in [0.717, 1.165) is 53.9 Å². The van der Waals surface area contributed by atoms with E-state index in [9.17, 15) is 0 Å². The minimum absolute atomic E-state index is 0.542. The van der Waals surface area contributed by atoms with Gasteiger partial charge in [-0.05, 0) is 31.5 Å². The van der Waals surface area contributed by atoms with Crippen molar-refractivity contribution < 1.29 is 9.47 Å². The van der Waals surface area contributed by atoms with Gasteiger partial charge in [-0.1, -0.05) is 18.2 Å². The molecular formula is C26H31N7O2. The molecule has 1 aliphatic rings. The second kappa shape index (κ2) is 10.9. The van der Waals surface area contributed by atoms with Crippen LogP contribution in [0.15, 0.2) is 61.4 Å².